The lowest BCUT2D eigenvalue weighted by atomic mass is 10.0. The van der Waals surface area contributed by atoms with Gasteiger partial charge in [0.05, 0.1) is 25.5 Å². The largest absolute Gasteiger partial charge is 0.466 e. The van der Waals surface area contributed by atoms with Gasteiger partial charge >= 0.3 is 12.0 Å². The molecule has 2 N–H and O–H groups in total. The highest BCUT2D eigenvalue weighted by molar-refractivity contribution is 5.83. The van der Waals surface area contributed by atoms with Crippen molar-refractivity contribution in [2.45, 2.75) is 45.1 Å². The van der Waals surface area contributed by atoms with Gasteiger partial charge in [-0.3, -0.25) is 14.4 Å². The van der Waals surface area contributed by atoms with E-state index in [1.165, 1.54) is 0 Å². The summed E-state index contributed by atoms with van der Waals surface area (Å²) in [5.41, 5.74) is 0.939. The Morgan fingerprint density at radius 1 is 1.12 bits per heavy atom. The maximum Gasteiger partial charge on any atom is 0.317 e. The van der Waals surface area contributed by atoms with E-state index in [2.05, 4.69) is 10.6 Å². The molecular formula is C24H34N4O5. The fourth-order valence-corrected chi connectivity index (χ4v) is 4.01. The third-order valence-corrected chi connectivity index (χ3v) is 5.88. The molecule has 2 fully saturated rings. The number of benzene rings is 1. The van der Waals surface area contributed by atoms with E-state index in [9.17, 15) is 19.2 Å². The first-order chi connectivity index (χ1) is 16.0. The molecule has 0 bridgehead atoms. The minimum absolute atomic E-state index is 0.0340. The zero-order valence-corrected chi connectivity index (χ0v) is 19.3. The summed E-state index contributed by atoms with van der Waals surface area (Å²) in [7, 11) is 0. The number of hydrogen-bond donors (Lipinski definition) is 2. The van der Waals surface area contributed by atoms with Crippen molar-refractivity contribution in [1.82, 2.24) is 20.4 Å². The summed E-state index contributed by atoms with van der Waals surface area (Å²) in [5, 5.41) is 5.63. The molecule has 180 valence electrons. The standard InChI is InChI=1S/C24H34N4O5/c1-2-33-22(30)11-12-26-24(32)27-14-6-15-28(23(31)19-9-10-19)20(17-21(29)25-13-16-27)18-7-4-3-5-8-18/h3-5,7-8,19-20H,2,6,9-17H2,1H3,(H,25,29)(H,26,32). The van der Waals surface area contributed by atoms with Crippen molar-refractivity contribution >= 4 is 23.8 Å². The summed E-state index contributed by atoms with van der Waals surface area (Å²) in [4.78, 5) is 53.4. The topological polar surface area (TPSA) is 108 Å². The molecule has 0 aromatic heterocycles. The molecule has 2 aliphatic rings. The summed E-state index contributed by atoms with van der Waals surface area (Å²) in [6.07, 6.45) is 2.66. The Labute approximate surface area is 194 Å². The number of nitrogens with zero attached hydrogens (tertiary/aromatic N) is 2. The van der Waals surface area contributed by atoms with Gasteiger partial charge in [0, 0.05) is 38.6 Å². The van der Waals surface area contributed by atoms with Gasteiger partial charge in [-0.2, -0.15) is 0 Å². The molecule has 33 heavy (non-hydrogen) atoms. The molecule has 1 aliphatic heterocycles. The summed E-state index contributed by atoms with van der Waals surface area (Å²) < 4.78 is 4.88. The summed E-state index contributed by atoms with van der Waals surface area (Å²) in [6.45, 7) is 3.80. The van der Waals surface area contributed by atoms with Gasteiger partial charge in [0.15, 0.2) is 0 Å². The zero-order chi connectivity index (χ0) is 23.6. The first-order valence-electron chi connectivity index (χ1n) is 11.8. The third-order valence-electron chi connectivity index (χ3n) is 5.88. The molecule has 1 heterocycles. The van der Waals surface area contributed by atoms with Crippen LogP contribution in [0.15, 0.2) is 30.3 Å². The number of rotatable bonds is 6. The molecule has 1 aromatic rings. The third kappa shape index (κ3) is 7.47. The van der Waals surface area contributed by atoms with Crippen LogP contribution < -0.4 is 10.6 Å². The Kier molecular flexibility index (Phi) is 9.09. The maximum absolute atomic E-state index is 13.1. The molecule has 9 heteroatoms. The monoisotopic (exact) mass is 458 g/mol. The fourth-order valence-electron chi connectivity index (χ4n) is 4.01. The van der Waals surface area contributed by atoms with Crippen LogP contribution in [0.3, 0.4) is 0 Å². The van der Waals surface area contributed by atoms with Crippen LogP contribution in [0.5, 0.6) is 0 Å². The lowest BCUT2D eigenvalue weighted by molar-refractivity contribution is -0.143. The number of carbonyl (C=O) groups excluding carboxylic acids is 4. The molecule has 1 aromatic carbocycles. The first-order valence-corrected chi connectivity index (χ1v) is 11.8. The van der Waals surface area contributed by atoms with Gasteiger partial charge < -0.3 is 25.2 Å². The van der Waals surface area contributed by atoms with Crippen LogP contribution in [0, 0.1) is 5.92 Å². The molecule has 9 nitrogen and oxygen atoms in total. The average molecular weight is 459 g/mol. The molecule has 0 radical (unpaired) electrons. The Balaban J connectivity index is 1.67. The van der Waals surface area contributed by atoms with Gasteiger partial charge in [0.25, 0.3) is 0 Å². The van der Waals surface area contributed by atoms with Crippen LogP contribution >= 0.6 is 0 Å². The van der Waals surface area contributed by atoms with Crippen LogP contribution in [-0.2, 0) is 19.1 Å². The van der Waals surface area contributed by atoms with Crippen molar-refractivity contribution in [3.63, 3.8) is 0 Å². The number of esters is 1. The molecule has 3 rings (SSSR count). The number of amides is 4. The highest BCUT2D eigenvalue weighted by atomic mass is 16.5. The van der Waals surface area contributed by atoms with Gasteiger partial charge in [0.2, 0.25) is 11.8 Å². The Bertz CT molecular complexity index is 827. The molecule has 1 atom stereocenters. The Hall–Kier alpha value is -3.10. The molecular weight excluding hydrogens is 424 g/mol. The van der Waals surface area contributed by atoms with E-state index >= 15 is 0 Å². The van der Waals surface area contributed by atoms with Crippen molar-refractivity contribution in [3.05, 3.63) is 35.9 Å². The number of ether oxygens (including phenoxy) is 1. The van der Waals surface area contributed by atoms with Crippen molar-refractivity contribution in [2.24, 2.45) is 5.92 Å². The van der Waals surface area contributed by atoms with Crippen LogP contribution in [0.4, 0.5) is 4.79 Å². The minimum atomic E-state index is -0.358. The van der Waals surface area contributed by atoms with E-state index in [0.29, 0.717) is 39.2 Å². The first kappa shape index (κ1) is 24.5. The number of urea groups is 1. The predicted molar refractivity (Wildman–Crippen MR) is 122 cm³/mol. The summed E-state index contributed by atoms with van der Waals surface area (Å²) >= 11 is 0. The van der Waals surface area contributed by atoms with Crippen molar-refractivity contribution < 1.29 is 23.9 Å². The lowest BCUT2D eigenvalue weighted by Gasteiger charge is -2.32. The second kappa shape index (κ2) is 12.2. The van der Waals surface area contributed by atoms with Gasteiger partial charge in [-0.15, -0.1) is 0 Å². The Morgan fingerprint density at radius 2 is 1.88 bits per heavy atom. The van der Waals surface area contributed by atoms with Gasteiger partial charge in [-0.25, -0.2) is 4.79 Å². The van der Waals surface area contributed by atoms with Crippen molar-refractivity contribution in [2.75, 3.05) is 39.3 Å². The molecule has 1 saturated carbocycles. The predicted octanol–water partition coefficient (Wildman–Crippen LogP) is 1.84. The summed E-state index contributed by atoms with van der Waals surface area (Å²) in [5.74, 6) is -0.390. The minimum Gasteiger partial charge on any atom is -0.466 e. The molecule has 1 unspecified atom stereocenters. The number of hydrogen-bond acceptors (Lipinski definition) is 5. The van der Waals surface area contributed by atoms with E-state index in [0.717, 1.165) is 18.4 Å². The molecule has 1 aliphatic carbocycles. The summed E-state index contributed by atoms with van der Waals surface area (Å²) in [6, 6.07) is 9.03. The smallest absolute Gasteiger partial charge is 0.317 e. The van der Waals surface area contributed by atoms with E-state index in [-0.39, 0.29) is 55.2 Å². The van der Waals surface area contributed by atoms with Crippen LogP contribution in [0.1, 0.15) is 50.6 Å². The number of nitrogens with one attached hydrogen (secondary N) is 2. The van der Waals surface area contributed by atoms with Crippen molar-refractivity contribution in [3.8, 4) is 0 Å². The lowest BCUT2D eigenvalue weighted by Crippen LogP contribution is -2.45. The zero-order valence-electron chi connectivity index (χ0n) is 19.3. The van der Waals surface area contributed by atoms with Gasteiger partial charge in [-0.1, -0.05) is 30.3 Å². The van der Waals surface area contributed by atoms with E-state index in [1.807, 2.05) is 35.2 Å². The number of carbonyl (C=O) groups is 4. The van der Waals surface area contributed by atoms with E-state index in [4.69, 9.17) is 4.74 Å². The highest BCUT2D eigenvalue weighted by Crippen LogP contribution is 2.35. The highest BCUT2D eigenvalue weighted by Gasteiger charge is 2.37. The van der Waals surface area contributed by atoms with Crippen LogP contribution in [-0.4, -0.2) is 72.9 Å². The Morgan fingerprint density at radius 3 is 2.58 bits per heavy atom. The van der Waals surface area contributed by atoms with Gasteiger partial charge in [0.1, 0.15) is 0 Å². The quantitative estimate of drug-likeness (QED) is 0.633. The maximum atomic E-state index is 13.1. The second-order valence-electron chi connectivity index (χ2n) is 8.41. The molecule has 4 amide bonds. The SMILES string of the molecule is CCOC(=O)CCNC(=O)N1CCCN(C(=O)C2CC2)C(c2ccccc2)CC(=O)NCC1. The fraction of sp³-hybridized carbons (Fsp3) is 0.583. The van der Waals surface area contributed by atoms with Crippen LogP contribution in [0.25, 0.3) is 0 Å². The van der Waals surface area contributed by atoms with E-state index in [1.54, 1.807) is 11.8 Å². The van der Waals surface area contributed by atoms with Crippen molar-refractivity contribution in [1.29, 1.82) is 0 Å². The average Bonchev–Trinajstić information content (AvgIpc) is 3.65. The molecule has 0 spiro atoms. The second-order valence-corrected chi connectivity index (χ2v) is 8.41. The van der Waals surface area contributed by atoms with E-state index < -0.39 is 0 Å². The molecule has 1 saturated heterocycles. The van der Waals surface area contributed by atoms with Crippen LogP contribution in [0.2, 0.25) is 0 Å². The normalized spacial score (nSPS) is 19.8. The van der Waals surface area contributed by atoms with Gasteiger partial charge in [-0.05, 0) is 31.7 Å².